The summed E-state index contributed by atoms with van der Waals surface area (Å²) < 4.78 is 1.19. The maximum Gasteiger partial charge on any atom is 0.224 e. The van der Waals surface area contributed by atoms with Crippen LogP contribution in [0, 0.1) is 16.4 Å². The van der Waals surface area contributed by atoms with Crippen LogP contribution in [-0.2, 0) is 4.79 Å². The highest BCUT2D eigenvalue weighted by atomic mass is 127. The molecule has 0 atom stereocenters. The lowest BCUT2D eigenvalue weighted by molar-refractivity contribution is -0.117. The van der Waals surface area contributed by atoms with Gasteiger partial charge in [0.15, 0.2) is 0 Å². The third-order valence-electron chi connectivity index (χ3n) is 3.39. The zero-order chi connectivity index (χ0) is 13.0. The van der Waals surface area contributed by atoms with Crippen LogP contribution in [0.15, 0.2) is 18.2 Å². The van der Waals surface area contributed by atoms with Crippen LogP contribution < -0.4 is 10.6 Å². The number of aryl methyl sites for hydroxylation is 1. The summed E-state index contributed by atoms with van der Waals surface area (Å²) in [4.78, 5) is 11.9. The van der Waals surface area contributed by atoms with E-state index in [2.05, 4.69) is 40.1 Å². The number of halogens is 1. The fourth-order valence-electron chi connectivity index (χ4n) is 2.23. The SMILES string of the molecule is Cc1ccc(NC(=O)CC2CCNCC2)cc1I. The molecule has 0 aliphatic carbocycles. The standard InChI is InChI=1S/C14H19IN2O/c1-10-2-3-12(9-13(10)15)17-14(18)8-11-4-6-16-7-5-11/h2-3,9,11,16H,4-8H2,1H3,(H,17,18). The number of amides is 1. The van der Waals surface area contributed by atoms with Gasteiger partial charge in [-0.1, -0.05) is 6.07 Å². The van der Waals surface area contributed by atoms with Crippen molar-refractivity contribution in [3.8, 4) is 0 Å². The van der Waals surface area contributed by atoms with E-state index in [1.54, 1.807) is 0 Å². The van der Waals surface area contributed by atoms with E-state index in [1.165, 1.54) is 9.13 Å². The average Bonchev–Trinajstić information content (AvgIpc) is 2.35. The summed E-state index contributed by atoms with van der Waals surface area (Å²) in [7, 11) is 0. The molecule has 98 valence electrons. The average molecular weight is 358 g/mol. The normalized spacial score (nSPS) is 16.6. The molecule has 1 fully saturated rings. The molecule has 1 amide bonds. The monoisotopic (exact) mass is 358 g/mol. The third-order valence-corrected chi connectivity index (χ3v) is 4.55. The summed E-state index contributed by atoms with van der Waals surface area (Å²) >= 11 is 2.29. The van der Waals surface area contributed by atoms with Gasteiger partial charge in [0.2, 0.25) is 5.91 Å². The smallest absolute Gasteiger partial charge is 0.224 e. The van der Waals surface area contributed by atoms with Gasteiger partial charge in [0, 0.05) is 15.7 Å². The molecule has 2 rings (SSSR count). The Morgan fingerprint density at radius 3 is 2.83 bits per heavy atom. The van der Waals surface area contributed by atoms with Crippen LogP contribution in [0.25, 0.3) is 0 Å². The van der Waals surface area contributed by atoms with Gasteiger partial charge in [-0.15, -0.1) is 0 Å². The summed E-state index contributed by atoms with van der Waals surface area (Å²) in [5, 5.41) is 6.31. The van der Waals surface area contributed by atoms with Crippen molar-refractivity contribution in [1.29, 1.82) is 0 Å². The molecule has 1 saturated heterocycles. The second kappa shape index (κ2) is 6.52. The van der Waals surface area contributed by atoms with Crippen molar-refractivity contribution in [2.45, 2.75) is 26.2 Å². The van der Waals surface area contributed by atoms with Gasteiger partial charge in [-0.3, -0.25) is 4.79 Å². The van der Waals surface area contributed by atoms with Crippen LogP contribution in [0.4, 0.5) is 5.69 Å². The summed E-state index contributed by atoms with van der Waals surface area (Å²) in [6.45, 7) is 4.16. The van der Waals surface area contributed by atoms with Crippen LogP contribution in [0.1, 0.15) is 24.8 Å². The minimum absolute atomic E-state index is 0.140. The molecule has 0 aromatic heterocycles. The molecule has 0 radical (unpaired) electrons. The summed E-state index contributed by atoms with van der Waals surface area (Å²) in [6, 6.07) is 6.04. The Kier molecular flexibility index (Phi) is 5.00. The van der Waals surface area contributed by atoms with Crippen LogP contribution in [0.2, 0.25) is 0 Å². The number of hydrogen-bond acceptors (Lipinski definition) is 2. The van der Waals surface area contributed by atoms with Crippen molar-refractivity contribution in [3.63, 3.8) is 0 Å². The van der Waals surface area contributed by atoms with Gasteiger partial charge in [0.1, 0.15) is 0 Å². The third kappa shape index (κ3) is 3.95. The molecular weight excluding hydrogens is 339 g/mol. The number of hydrogen-bond donors (Lipinski definition) is 2. The molecule has 0 bridgehead atoms. The van der Waals surface area contributed by atoms with E-state index in [-0.39, 0.29) is 5.91 Å². The molecular formula is C14H19IN2O. The van der Waals surface area contributed by atoms with Gasteiger partial charge in [0.25, 0.3) is 0 Å². The predicted octanol–water partition coefficient (Wildman–Crippen LogP) is 2.93. The van der Waals surface area contributed by atoms with Gasteiger partial charge < -0.3 is 10.6 Å². The summed E-state index contributed by atoms with van der Waals surface area (Å²) in [5.41, 5.74) is 2.15. The molecule has 18 heavy (non-hydrogen) atoms. The van der Waals surface area contributed by atoms with Gasteiger partial charge in [0.05, 0.1) is 0 Å². The molecule has 1 aromatic rings. The topological polar surface area (TPSA) is 41.1 Å². The van der Waals surface area contributed by atoms with Gasteiger partial charge in [-0.25, -0.2) is 0 Å². The Balaban J connectivity index is 1.88. The van der Waals surface area contributed by atoms with Crippen LogP contribution in [0.5, 0.6) is 0 Å². The first-order chi connectivity index (χ1) is 8.65. The van der Waals surface area contributed by atoms with Crippen molar-refractivity contribution >= 4 is 34.2 Å². The van der Waals surface area contributed by atoms with Crippen molar-refractivity contribution in [2.24, 2.45) is 5.92 Å². The fraction of sp³-hybridized carbons (Fsp3) is 0.500. The first-order valence-corrected chi connectivity index (χ1v) is 7.50. The van der Waals surface area contributed by atoms with Crippen molar-refractivity contribution in [1.82, 2.24) is 5.32 Å². The highest BCUT2D eigenvalue weighted by Crippen LogP contribution is 2.19. The Hall–Kier alpha value is -0.620. The van der Waals surface area contributed by atoms with Crippen molar-refractivity contribution in [3.05, 3.63) is 27.3 Å². The largest absolute Gasteiger partial charge is 0.326 e. The first-order valence-electron chi connectivity index (χ1n) is 6.42. The van der Waals surface area contributed by atoms with E-state index >= 15 is 0 Å². The number of benzene rings is 1. The second-order valence-corrected chi connectivity index (χ2v) is 6.07. The molecule has 2 N–H and O–H groups in total. The quantitative estimate of drug-likeness (QED) is 0.816. The Morgan fingerprint density at radius 1 is 1.44 bits per heavy atom. The van der Waals surface area contributed by atoms with Crippen LogP contribution in [-0.4, -0.2) is 19.0 Å². The van der Waals surface area contributed by atoms with E-state index < -0.39 is 0 Å². The van der Waals surface area contributed by atoms with Gasteiger partial charge in [-0.05, 0) is 79.1 Å². The molecule has 0 unspecified atom stereocenters. The molecule has 3 nitrogen and oxygen atoms in total. The van der Waals surface area contributed by atoms with Crippen molar-refractivity contribution < 1.29 is 4.79 Å². The molecule has 1 aliphatic heterocycles. The Bertz CT molecular complexity index is 428. The summed E-state index contributed by atoms with van der Waals surface area (Å²) in [5.74, 6) is 0.678. The number of nitrogens with one attached hydrogen (secondary N) is 2. The fourth-order valence-corrected chi connectivity index (χ4v) is 2.75. The number of piperidine rings is 1. The number of anilines is 1. The lowest BCUT2D eigenvalue weighted by Crippen LogP contribution is -2.30. The van der Waals surface area contributed by atoms with E-state index in [4.69, 9.17) is 0 Å². The Labute approximate surface area is 122 Å². The minimum Gasteiger partial charge on any atom is -0.326 e. The van der Waals surface area contributed by atoms with E-state index in [9.17, 15) is 4.79 Å². The number of carbonyl (C=O) groups is 1. The predicted molar refractivity (Wildman–Crippen MR) is 82.7 cm³/mol. The molecule has 1 aromatic carbocycles. The van der Waals surface area contributed by atoms with E-state index in [1.807, 2.05) is 18.2 Å². The number of rotatable bonds is 3. The molecule has 1 heterocycles. The molecule has 0 saturated carbocycles. The maximum absolute atomic E-state index is 11.9. The van der Waals surface area contributed by atoms with E-state index in [0.29, 0.717) is 12.3 Å². The molecule has 1 aliphatic rings. The lowest BCUT2D eigenvalue weighted by Gasteiger charge is -2.21. The summed E-state index contributed by atoms with van der Waals surface area (Å²) in [6.07, 6.45) is 2.86. The van der Waals surface area contributed by atoms with Crippen LogP contribution >= 0.6 is 22.6 Å². The Morgan fingerprint density at radius 2 is 2.17 bits per heavy atom. The van der Waals surface area contributed by atoms with Gasteiger partial charge in [-0.2, -0.15) is 0 Å². The minimum atomic E-state index is 0.140. The zero-order valence-corrected chi connectivity index (χ0v) is 12.8. The first kappa shape index (κ1) is 13.8. The second-order valence-electron chi connectivity index (χ2n) is 4.91. The van der Waals surface area contributed by atoms with Crippen molar-refractivity contribution in [2.75, 3.05) is 18.4 Å². The van der Waals surface area contributed by atoms with Gasteiger partial charge >= 0.3 is 0 Å². The maximum atomic E-state index is 11.9. The molecule has 4 heteroatoms. The number of carbonyl (C=O) groups excluding carboxylic acids is 1. The van der Waals surface area contributed by atoms with Crippen LogP contribution in [0.3, 0.4) is 0 Å². The van der Waals surface area contributed by atoms with E-state index in [0.717, 1.165) is 31.6 Å². The zero-order valence-electron chi connectivity index (χ0n) is 10.6. The lowest BCUT2D eigenvalue weighted by atomic mass is 9.94. The highest BCUT2D eigenvalue weighted by Gasteiger charge is 2.16. The highest BCUT2D eigenvalue weighted by molar-refractivity contribution is 14.1. The molecule has 0 spiro atoms.